The molecule has 1 aliphatic heterocycles. The van der Waals surface area contributed by atoms with E-state index in [1.165, 1.54) is 58.8 Å². The zero-order chi connectivity index (χ0) is 24.6. The van der Waals surface area contributed by atoms with Crippen LogP contribution >= 0.6 is 0 Å². The van der Waals surface area contributed by atoms with Crippen LogP contribution in [0.2, 0.25) is 0 Å². The number of hydrogen-bond donors (Lipinski definition) is 0. The van der Waals surface area contributed by atoms with Crippen molar-refractivity contribution in [2.45, 2.75) is 38.5 Å². The summed E-state index contributed by atoms with van der Waals surface area (Å²) in [7, 11) is 2.51. The predicted molar refractivity (Wildman–Crippen MR) is 129 cm³/mol. The van der Waals surface area contributed by atoms with Crippen LogP contribution < -0.4 is 4.90 Å². The van der Waals surface area contributed by atoms with E-state index in [-0.39, 0.29) is 22.7 Å². The third kappa shape index (κ3) is 4.51. The summed E-state index contributed by atoms with van der Waals surface area (Å²) in [6.07, 6.45) is 14.1. The molecule has 6 rings (SSSR count). The molecule has 4 saturated carbocycles. The molecule has 5 aliphatic rings. The van der Waals surface area contributed by atoms with Crippen LogP contribution in [0.5, 0.6) is 0 Å². The molecule has 0 N–H and O–H groups in total. The summed E-state index contributed by atoms with van der Waals surface area (Å²) in [5, 5.41) is 0. The molecular formula is C28H31NO6. The Morgan fingerprint density at radius 3 is 2.03 bits per heavy atom. The van der Waals surface area contributed by atoms with Gasteiger partial charge in [0.05, 0.1) is 32.0 Å². The number of carbonyl (C=O) groups is 3. The number of allylic oxidation sites excluding steroid dienone is 2. The Bertz CT molecular complexity index is 1080. The third-order valence-electron chi connectivity index (χ3n) is 7.94. The van der Waals surface area contributed by atoms with Crippen LogP contribution in [0.3, 0.4) is 0 Å². The first kappa shape index (κ1) is 23.4. The van der Waals surface area contributed by atoms with Crippen molar-refractivity contribution in [3.63, 3.8) is 0 Å². The van der Waals surface area contributed by atoms with E-state index in [0.29, 0.717) is 17.9 Å². The van der Waals surface area contributed by atoms with Gasteiger partial charge in [-0.05, 0) is 92.7 Å². The van der Waals surface area contributed by atoms with Gasteiger partial charge < -0.3 is 19.1 Å². The van der Waals surface area contributed by atoms with Crippen molar-refractivity contribution >= 4 is 23.6 Å². The number of benzene rings is 1. The lowest BCUT2D eigenvalue weighted by Crippen LogP contribution is -2.48. The van der Waals surface area contributed by atoms with Crippen molar-refractivity contribution in [2.24, 2.45) is 23.2 Å². The van der Waals surface area contributed by atoms with Crippen LogP contribution in [0.15, 0.2) is 60.0 Å². The van der Waals surface area contributed by atoms with E-state index < -0.39 is 11.9 Å². The number of hydrogen-bond acceptors (Lipinski definition) is 7. The van der Waals surface area contributed by atoms with Crippen molar-refractivity contribution < 1.29 is 28.6 Å². The fourth-order valence-corrected chi connectivity index (χ4v) is 6.89. The summed E-state index contributed by atoms with van der Waals surface area (Å²) < 4.78 is 15.6. The molecule has 1 heterocycles. The fourth-order valence-electron chi connectivity index (χ4n) is 6.89. The highest BCUT2D eigenvalue weighted by Crippen LogP contribution is 2.60. The Hall–Kier alpha value is -3.35. The largest absolute Gasteiger partial charge is 0.465 e. The molecule has 0 unspecified atom stereocenters. The summed E-state index contributed by atoms with van der Waals surface area (Å²) >= 11 is 0. The molecule has 0 amide bonds. The van der Waals surface area contributed by atoms with Crippen LogP contribution in [-0.4, -0.2) is 38.7 Å². The van der Waals surface area contributed by atoms with Crippen molar-refractivity contribution in [1.29, 1.82) is 0 Å². The Morgan fingerprint density at radius 2 is 1.46 bits per heavy atom. The molecule has 7 heteroatoms. The molecule has 0 saturated heterocycles. The van der Waals surface area contributed by atoms with Gasteiger partial charge in [-0.3, -0.25) is 0 Å². The number of carbonyl (C=O) groups excluding carboxylic acids is 3. The summed E-state index contributed by atoms with van der Waals surface area (Å²) in [5.41, 5.74) is 1.31. The predicted octanol–water partition coefficient (Wildman–Crippen LogP) is 4.55. The molecule has 4 bridgehead atoms. The monoisotopic (exact) mass is 477 g/mol. The molecule has 4 fully saturated rings. The maximum Gasteiger partial charge on any atom is 0.355 e. The average Bonchev–Trinajstić information content (AvgIpc) is 3.09. The lowest BCUT2D eigenvalue weighted by molar-refractivity contribution is -0.139. The molecule has 4 aliphatic carbocycles. The van der Waals surface area contributed by atoms with Crippen LogP contribution in [0.25, 0.3) is 0 Å². The Balaban J connectivity index is 1.32. The van der Waals surface area contributed by atoms with Crippen LogP contribution in [-0.2, 0) is 23.8 Å². The smallest absolute Gasteiger partial charge is 0.355 e. The van der Waals surface area contributed by atoms with E-state index in [2.05, 4.69) is 0 Å². The van der Waals surface area contributed by atoms with E-state index in [1.54, 1.807) is 47.5 Å². The second kappa shape index (κ2) is 9.36. The highest BCUT2D eigenvalue weighted by atomic mass is 16.5. The first-order valence-electron chi connectivity index (χ1n) is 12.2. The van der Waals surface area contributed by atoms with Crippen molar-refractivity contribution in [2.75, 3.05) is 25.7 Å². The molecule has 0 spiro atoms. The normalized spacial score (nSPS) is 28.6. The first-order valence-corrected chi connectivity index (χ1v) is 12.2. The summed E-state index contributed by atoms with van der Waals surface area (Å²) in [4.78, 5) is 39.3. The molecular weight excluding hydrogens is 446 g/mol. The molecule has 1 aromatic rings. The van der Waals surface area contributed by atoms with Gasteiger partial charge in [-0.15, -0.1) is 0 Å². The summed E-state index contributed by atoms with van der Waals surface area (Å²) in [6, 6.07) is 6.79. The van der Waals surface area contributed by atoms with Crippen LogP contribution in [0.1, 0.15) is 48.9 Å². The number of nitrogens with zero attached hydrogens (tertiary/aromatic N) is 1. The van der Waals surface area contributed by atoms with E-state index in [0.717, 1.165) is 17.8 Å². The molecule has 0 aromatic heterocycles. The van der Waals surface area contributed by atoms with Gasteiger partial charge in [0.2, 0.25) is 0 Å². The van der Waals surface area contributed by atoms with E-state index in [9.17, 15) is 14.4 Å². The molecule has 7 nitrogen and oxygen atoms in total. The van der Waals surface area contributed by atoms with Crippen LogP contribution in [0, 0.1) is 23.2 Å². The maximum atomic E-state index is 12.9. The minimum absolute atomic E-state index is 0.0292. The minimum Gasteiger partial charge on any atom is -0.465 e. The Kier molecular flexibility index (Phi) is 6.26. The molecule has 1 aromatic carbocycles. The highest BCUT2D eigenvalue weighted by Gasteiger charge is 2.51. The second-order valence-corrected chi connectivity index (χ2v) is 10.4. The van der Waals surface area contributed by atoms with Crippen molar-refractivity contribution in [3.8, 4) is 0 Å². The van der Waals surface area contributed by atoms with Gasteiger partial charge in [-0.2, -0.15) is 0 Å². The highest BCUT2D eigenvalue weighted by molar-refractivity contribution is 6.05. The summed E-state index contributed by atoms with van der Waals surface area (Å²) in [6.45, 7) is 0.495. The Morgan fingerprint density at radius 1 is 0.857 bits per heavy atom. The lowest BCUT2D eigenvalue weighted by Gasteiger charge is -2.56. The number of esters is 3. The number of ether oxygens (including phenoxy) is 3. The topological polar surface area (TPSA) is 82.1 Å². The number of rotatable bonds is 6. The van der Waals surface area contributed by atoms with Gasteiger partial charge in [-0.1, -0.05) is 6.08 Å². The van der Waals surface area contributed by atoms with Gasteiger partial charge in [0.15, 0.2) is 0 Å². The van der Waals surface area contributed by atoms with Gasteiger partial charge in [-0.25, -0.2) is 14.4 Å². The van der Waals surface area contributed by atoms with Gasteiger partial charge >= 0.3 is 17.9 Å². The zero-order valence-corrected chi connectivity index (χ0v) is 20.2. The van der Waals surface area contributed by atoms with Crippen LogP contribution in [0.4, 0.5) is 5.69 Å². The SMILES string of the molecule is COC(=O)C1=C(C(=O)OC)N(c2ccc(C(=O)OCC34CC5CC(CC(C5)C3)C4)cc2)C=CC=C1. The summed E-state index contributed by atoms with van der Waals surface area (Å²) in [5.74, 6) is 0.757. The van der Waals surface area contributed by atoms with E-state index in [4.69, 9.17) is 14.2 Å². The zero-order valence-electron chi connectivity index (χ0n) is 20.2. The quantitative estimate of drug-likeness (QED) is 0.439. The molecule has 0 radical (unpaired) electrons. The van der Waals surface area contributed by atoms with Crippen molar-refractivity contribution in [3.05, 3.63) is 65.5 Å². The average molecular weight is 478 g/mol. The fraction of sp³-hybridized carbons (Fsp3) is 0.464. The third-order valence-corrected chi connectivity index (χ3v) is 7.94. The molecule has 0 atom stereocenters. The van der Waals surface area contributed by atoms with Gasteiger partial charge in [0, 0.05) is 17.3 Å². The lowest BCUT2D eigenvalue weighted by atomic mass is 9.50. The van der Waals surface area contributed by atoms with Gasteiger partial charge in [0.25, 0.3) is 0 Å². The Labute approximate surface area is 205 Å². The second-order valence-electron chi connectivity index (χ2n) is 10.4. The maximum absolute atomic E-state index is 12.9. The van der Waals surface area contributed by atoms with E-state index >= 15 is 0 Å². The number of methoxy groups -OCH3 is 2. The molecule has 35 heavy (non-hydrogen) atoms. The standard InChI is InChI=1S/C28H31NO6/c1-33-26(31)23-5-3-4-10-29(24(23)27(32)34-2)22-8-6-21(7-9-22)25(30)35-17-28-14-18-11-19(15-28)13-20(12-18)16-28/h3-10,18-20H,11-17H2,1-2H3. The first-order chi connectivity index (χ1) is 16.9. The number of anilines is 1. The molecule has 184 valence electrons. The van der Waals surface area contributed by atoms with E-state index in [1.807, 2.05) is 0 Å². The van der Waals surface area contributed by atoms with Gasteiger partial charge in [0.1, 0.15) is 5.70 Å². The van der Waals surface area contributed by atoms with Crippen molar-refractivity contribution in [1.82, 2.24) is 0 Å². The minimum atomic E-state index is -0.680.